The highest BCUT2D eigenvalue weighted by atomic mass is 79.9. The van der Waals surface area contributed by atoms with E-state index in [-0.39, 0.29) is 6.03 Å². The molecule has 0 unspecified atom stereocenters. The van der Waals surface area contributed by atoms with Crippen LogP contribution in [0.25, 0.3) is 0 Å². The quantitative estimate of drug-likeness (QED) is 0.756. The topological polar surface area (TPSA) is 41.6 Å². The zero-order chi connectivity index (χ0) is 15.8. The fraction of sp³-hybridized carbons (Fsp3) is 0.562. The monoisotopic (exact) mass is 388 g/mol. The fourth-order valence-electron chi connectivity index (χ4n) is 2.43. The smallest absolute Gasteiger partial charge is 0.317 e. The number of benzene rings is 1. The number of likely N-dealkylation sites (tertiary alicyclic amines) is 1. The first kappa shape index (κ1) is 17.4. The lowest BCUT2D eigenvalue weighted by Gasteiger charge is -2.20. The van der Waals surface area contributed by atoms with Crippen LogP contribution in [0.2, 0.25) is 5.02 Å². The van der Waals surface area contributed by atoms with Crippen molar-refractivity contribution in [1.82, 2.24) is 10.2 Å². The van der Waals surface area contributed by atoms with Gasteiger partial charge in [0.1, 0.15) is 5.75 Å². The first-order chi connectivity index (χ1) is 10.7. The molecule has 1 N–H and O–H groups in total. The van der Waals surface area contributed by atoms with Gasteiger partial charge in [0.2, 0.25) is 0 Å². The molecule has 0 spiro atoms. The van der Waals surface area contributed by atoms with Crippen LogP contribution in [0.5, 0.6) is 5.75 Å². The van der Waals surface area contributed by atoms with Gasteiger partial charge in [0, 0.05) is 24.1 Å². The first-order valence-electron chi connectivity index (χ1n) is 7.77. The third-order valence-electron chi connectivity index (χ3n) is 3.64. The Labute approximate surface area is 145 Å². The van der Waals surface area contributed by atoms with Crippen molar-refractivity contribution in [3.05, 3.63) is 27.7 Å². The highest BCUT2D eigenvalue weighted by Gasteiger charge is 2.14. The number of hydrogen-bond donors (Lipinski definition) is 1. The lowest BCUT2D eigenvalue weighted by Crippen LogP contribution is -2.41. The third kappa shape index (κ3) is 5.69. The summed E-state index contributed by atoms with van der Waals surface area (Å²) in [5.74, 6) is 0.670. The molecule has 122 valence electrons. The molecular weight excluding hydrogens is 368 g/mol. The van der Waals surface area contributed by atoms with Gasteiger partial charge in [-0.25, -0.2) is 4.79 Å². The minimum absolute atomic E-state index is 0.0450. The van der Waals surface area contributed by atoms with Gasteiger partial charge in [-0.3, -0.25) is 0 Å². The second kappa shape index (κ2) is 9.26. The SMILES string of the molecule is O=C(NCCCOc1ccc(Br)cc1Cl)N1CCCCCC1. The van der Waals surface area contributed by atoms with Gasteiger partial charge in [-0.05, 0) is 37.5 Å². The second-order valence-corrected chi connectivity index (χ2v) is 6.73. The molecule has 0 bridgehead atoms. The molecule has 1 saturated heterocycles. The minimum atomic E-state index is 0.0450. The lowest BCUT2D eigenvalue weighted by atomic mass is 10.2. The maximum absolute atomic E-state index is 12.0. The summed E-state index contributed by atoms with van der Waals surface area (Å²) in [5, 5.41) is 3.54. The third-order valence-corrected chi connectivity index (χ3v) is 4.43. The summed E-state index contributed by atoms with van der Waals surface area (Å²) in [6.07, 6.45) is 5.43. The van der Waals surface area contributed by atoms with E-state index in [2.05, 4.69) is 21.2 Å². The zero-order valence-electron chi connectivity index (χ0n) is 12.6. The normalized spacial score (nSPS) is 15.3. The van der Waals surface area contributed by atoms with Crippen LogP contribution in [-0.4, -0.2) is 37.2 Å². The molecule has 1 aromatic rings. The highest BCUT2D eigenvalue weighted by Crippen LogP contribution is 2.27. The Morgan fingerprint density at radius 2 is 2.00 bits per heavy atom. The van der Waals surface area contributed by atoms with Crippen molar-refractivity contribution in [3.63, 3.8) is 0 Å². The Bertz CT molecular complexity index is 491. The second-order valence-electron chi connectivity index (χ2n) is 5.41. The maximum Gasteiger partial charge on any atom is 0.317 e. The Balaban J connectivity index is 1.63. The molecule has 6 heteroatoms. The van der Waals surface area contributed by atoms with E-state index in [0.717, 1.165) is 36.8 Å². The average molecular weight is 390 g/mol. The van der Waals surface area contributed by atoms with Crippen LogP contribution in [0.4, 0.5) is 4.79 Å². The number of ether oxygens (including phenoxy) is 1. The number of urea groups is 1. The van der Waals surface area contributed by atoms with E-state index < -0.39 is 0 Å². The van der Waals surface area contributed by atoms with Gasteiger partial charge in [-0.2, -0.15) is 0 Å². The number of nitrogens with zero attached hydrogens (tertiary/aromatic N) is 1. The van der Waals surface area contributed by atoms with Gasteiger partial charge < -0.3 is 15.0 Å². The molecule has 4 nitrogen and oxygen atoms in total. The fourth-order valence-corrected chi connectivity index (χ4v) is 3.16. The van der Waals surface area contributed by atoms with Crippen LogP contribution in [0.15, 0.2) is 22.7 Å². The van der Waals surface area contributed by atoms with E-state index in [0.29, 0.717) is 23.9 Å². The summed E-state index contributed by atoms with van der Waals surface area (Å²) in [5.41, 5.74) is 0. The molecule has 1 aromatic carbocycles. The predicted molar refractivity (Wildman–Crippen MR) is 92.7 cm³/mol. The molecule has 0 saturated carbocycles. The van der Waals surface area contributed by atoms with Crippen LogP contribution in [0.3, 0.4) is 0 Å². The van der Waals surface area contributed by atoms with Crippen LogP contribution in [0, 0.1) is 0 Å². The van der Waals surface area contributed by atoms with Crippen LogP contribution in [0.1, 0.15) is 32.1 Å². The molecule has 0 radical (unpaired) electrons. The molecule has 2 amide bonds. The maximum atomic E-state index is 12.0. The van der Waals surface area contributed by atoms with Crippen LogP contribution < -0.4 is 10.1 Å². The van der Waals surface area contributed by atoms with Gasteiger partial charge >= 0.3 is 6.03 Å². The largest absolute Gasteiger partial charge is 0.492 e. The number of amides is 2. The molecule has 0 atom stereocenters. The van der Waals surface area contributed by atoms with Crippen molar-refractivity contribution in [1.29, 1.82) is 0 Å². The Kier molecular flexibility index (Phi) is 7.33. The standard InChI is InChI=1S/C16H22BrClN2O2/c17-13-6-7-15(14(18)12-13)22-11-5-8-19-16(21)20-9-3-1-2-4-10-20/h6-7,12H,1-5,8-11H2,(H,19,21). The Morgan fingerprint density at radius 3 is 2.68 bits per heavy atom. The van der Waals surface area contributed by atoms with Gasteiger partial charge in [0.15, 0.2) is 0 Å². The molecule has 1 aliphatic rings. The average Bonchev–Trinajstić information content (AvgIpc) is 2.78. The van der Waals surface area contributed by atoms with Gasteiger partial charge in [-0.1, -0.05) is 40.4 Å². The van der Waals surface area contributed by atoms with E-state index in [4.69, 9.17) is 16.3 Å². The molecule has 0 aliphatic carbocycles. The van der Waals surface area contributed by atoms with Crippen LogP contribution >= 0.6 is 27.5 Å². The van der Waals surface area contributed by atoms with Crippen molar-refractivity contribution in [2.75, 3.05) is 26.2 Å². The molecule has 22 heavy (non-hydrogen) atoms. The van der Waals surface area contributed by atoms with E-state index in [1.165, 1.54) is 12.8 Å². The first-order valence-corrected chi connectivity index (χ1v) is 8.94. The van der Waals surface area contributed by atoms with E-state index in [9.17, 15) is 4.79 Å². The summed E-state index contributed by atoms with van der Waals surface area (Å²) in [6.45, 7) is 2.89. The summed E-state index contributed by atoms with van der Waals surface area (Å²) in [6, 6.07) is 5.58. The van der Waals surface area contributed by atoms with E-state index in [1.807, 2.05) is 17.0 Å². The number of hydrogen-bond acceptors (Lipinski definition) is 2. The zero-order valence-corrected chi connectivity index (χ0v) is 15.0. The summed E-state index contributed by atoms with van der Waals surface area (Å²) >= 11 is 9.43. The Morgan fingerprint density at radius 1 is 1.27 bits per heavy atom. The van der Waals surface area contributed by atoms with Crippen LogP contribution in [-0.2, 0) is 0 Å². The molecule has 2 rings (SSSR count). The van der Waals surface area contributed by atoms with Crippen molar-refractivity contribution >= 4 is 33.6 Å². The number of carbonyl (C=O) groups excluding carboxylic acids is 1. The van der Waals surface area contributed by atoms with Gasteiger partial charge in [0.25, 0.3) is 0 Å². The summed E-state index contributed by atoms with van der Waals surface area (Å²) in [4.78, 5) is 13.9. The van der Waals surface area contributed by atoms with E-state index in [1.54, 1.807) is 6.07 Å². The summed E-state index contributed by atoms with van der Waals surface area (Å²) < 4.78 is 6.55. The molecule has 0 aromatic heterocycles. The van der Waals surface area contributed by atoms with Crippen molar-refractivity contribution in [2.24, 2.45) is 0 Å². The van der Waals surface area contributed by atoms with E-state index >= 15 is 0 Å². The van der Waals surface area contributed by atoms with Crippen molar-refractivity contribution in [3.8, 4) is 5.75 Å². The molecule has 1 heterocycles. The number of halogens is 2. The molecule has 1 aliphatic heterocycles. The predicted octanol–water partition coefficient (Wildman–Crippen LogP) is 4.46. The summed E-state index contributed by atoms with van der Waals surface area (Å²) in [7, 11) is 0. The van der Waals surface area contributed by atoms with Gasteiger partial charge in [0.05, 0.1) is 11.6 Å². The number of rotatable bonds is 5. The number of nitrogens with one attached hydrogen (secondary N) is 1. The highest BCUT2D eigenvalue weighted by molar-refractivity contribution is 9.10. The molecule has 1 fully saturated rings. The van der Waals surface area contributed by atoms with Crippen molar-refractivity contribution < 1.29 is 9.53 Å². The molecular formula is C16H22BrClN2O2. The Hall–Kier alpha value is -0.940. The van der Waals surface area contributed by atoms with Gasteiger partial charge in [-0.15, -0.1) is 0 Å². The van der Waals surface area contributed by atoms with Crippen molar-refractivity contribution in [2.45, 2.75) is 32.1 Å². The minimum Gasteiger partial charge on any atom is -0.492 e. The number of carbonyl (C=O) groups is 1. The lowest BCUT2D eigenvalue weighted by molar-refractivity contribution is 0.198.